The van der Waals surface area contributed by atoms with Crippen LogP contribution in [0.3, 0.4) is 0 Å². The third kappa shape index (κ3) is 1.64. The van der Waals surface area contributed by atoms with Crippen molar-refractivity contribution in [3.63, 3.8) is 0 Å². The second kappa shape index (κ2) is 3.68. The van der Waals surface area contributed by atoms with Crippen molar-refractivity contribution in [2.45, 2.75) is 39.5 Å². The monoisotopic (exact) mass is 204 g/mol. The van der Waals surface area contributed by atoms with Crippen LogP contribution >= 0.6 is 0 Å². The van der Waals surface area contributed by atoms with E-state index in [1.807, 2.05) is 0 Å². The first-order valence-corrected chi connectivity index (χ1v) is 5.36. The minimum atomic E-state index is 0.351. The standard InChI is InChI=1S/C11H16N4/c1-6(2)8-10-11(13-5-12-10)9(7(3)4)15-14-8/h6-7H,5H2,1-4H3. The van der Waals surface area contributed by atoms with E-state index in [-0.39, 0.29) is 0 Å². The van der Waals surface area contributed by atoms with E-state index in [4.69, 9.17) is 0 Å². The molecule has 0 bridgehead atoms. The second-order valence-corrected chi connectivity index (χ2v) is 4.43. The third-order valence-electron chi connectivity index (χ3n) is 2.53. The molecule has 15 heavy (non-hydrogen) atoms. The molecule has 0 aliphatic carbocycles. The normalized spacial score (nSPS) is 14.0. The molecular weight excluding hydrogens is 188 g/mol. The maximum Gasteiger partial charge on any atom is 0.131 e. The van der Waals surface area contributed by atoms with Crippen LogP contribution in [0.25, 0.3) is 0 Å². The molecule has 2 rings (SSSR count). The van der Waals surface area contributed by atoms with E-state index in [9.17, 15) is 0 Å². The molecule has 0 amide bonds. The van der Waals surface area contributed by atoms with Gasteiger partial charge in [-0.3, -0.25) is 9.98 Å². The molecule has 1 aromatic heterocycles. The zero-order valence-electron chi connectivity index (χ0n) is 9.65. The molecule has 0 fully saturated rings. The smallest absolute Gasteiger partial charge is 0.131 e. The fourth-order valence-corrected chi connectivity index (χ4v) is 1.71. The molecule has 1 aromatic rings. The average Bonchev–Trinajstić information content (AvgIpc) is 2.63. The van der Waals surface area contributed by atoms with Crippen LogP contribution in [-0.2, 0) is 0 Å². The fourth-order valence-electron chi connectivity index (χ4n) is 1.71. The minimum Gasteiger partial charge on any atom is -0.258 e. The number of hydrogen-bond acceptors (Lipinski definition) is 4. The van der Waals surface area contributed by atoms with Crippen molar-refractivity contribution >= 4 is 0 Å². The lowest BCUT2D eigenvalue weighted by Gasteiger charge is -2.06. The molecule has 1 aliphatic rings. The predicted octanol–water partition coefficient (Wildman–Crippen LogP) is 0.934. The van der Waals surface area contributed by atoms with Crippen molar-refractivity contribution < 1.29 is 0 Å². The molecule has 4 nitrogen and oxygen atoms in total. The molecule has 2 heterocycles. The zero-order valence-corrected chi connectivity index (χ0v) is 9.65. The molecular formula is C11H16N4. The van der Waals surface area contributed by atoms with Crippen LogP contribution < -0.4 is 10.7 Å². The molecule has 0 aromatic carbocycles. The van der Waals surface area contributed by atoms with Gasteiger partial charge in [0.1, 0.15) is 17.4 Å². The largest absolute Gasteiger partial charge is 0.258 e. The first-order chi connectivity index (χ1) is 7.11. The van der Waals surface area contributed by atoms with Crippen LogP contribution in [0.15, 0.2) is 9.98 Å². The molecule has 0 saturated heterocycles. The topological polar surface area (TPSA) is 50.5 Å². The van der Waals surface area contributed by atoms with Gasteiger partial charge in [0.05, 0.1) is 11.4 Å². The summed E-state index contributed by atoms with van der Waals surface area (Å²) in [4.78, 5) is 8.79. The van der Waals surface area contributed by atoms with Crippen molar-refractivity contribution in [1.29, 1.82) is 0 Å². The van der Waals surface area contributed by atoms with Crippen molar-refractivity contribution in [1.82, 2.24) is 10.2 Å². The van der Waals surface area contributed by atoms with Crippen molar-refractivity contribution in [3.8, 4) is 0 Å². The summed E-state index contributed by atoms with van der Waals surface area (Å²) in [5.41, 5.74) is 1.94. The van der Waals surface area contributed by atoms with E-state index in [1.54, 1.807) is 0 Å². The van der Waals surface area contributed by atoms with E-state index in [0.29, 0.717) is 18.5 Å². The Bertz CT molecular complexity index is 443. The summed E-state index contributed by atoms with van der Waals surface area (Å²) in [6.07, 6.45) is 0. The minimum absolute atomic E-state index is 0.351. The van der Waals surface area contributed by atoms with Gasteiger partial charge in [-0.05, 0) is 11.8 Å². The van der Waals surface area contributed by atoms with Gasteiger partial charge in [0.2, 0.25) is 0 Å². The van der Waals surface area contributed by atoms with Crippen molar-refractivity contribution in [2.24, 2.45) is 9.98 Å². The summed E-state index contributed by atoms with van der Waals surface area (Å²) in [6.45, 7) is 8.95. The highest BCUT2D eigenvalue weighted by Crippen LogP contribution is 2.08. The van der Waals surface area contributed by atoms with Crippen molar-refractivity contribution in [3.05, 3.63) is 22.1 Å². The number of fused-ring (bicyclic) bond motifs is 1. The summed E-state index contributed by atoms with van der Waals surface area (Å²) in [5.74, 6) is 0.703. The SMILES string of the molecule is CC(C)c1nnc(C(C)C)c2c1=NCN=2. The Balaban J connectivity index is 2.72. The number of rotatable bonds is 2. The Morgan fingerprint density at radius 3 is 1.53 bits per heavy atom. The van der Waals surface area contributed by atoms with Gasteiger partial charge in [0.25, 0.3) is 0 Å². The van der Waals surface area contributed by atoms with Gasteiger partial charge in [-0.2, -0.15) is 10.2 Å². The first kappa shape index (κ1) is 10.2. The quantitative estimate of drug-likeness (QED) is 0.719. The third-order valence-corrected chi connectivity index (χ3v) is 2.53. The summed E-state index contributed by atoms with van der Waals surface area (Å²) in [6, 6.07) is 0. The van der Waals surface area contributed by atoms with Gasteiger partial charge < -0.3 is 0 Å². The van der Waals surface area contributed by atoms with Gasteiger partial charge in [-0.25, -0.2) is 0 Å². The van der Waals surface area contributed by atoms with Gasteiger partial charge in [-0.15, -0.1) is 0 Å². The van der Waals surface area contributed by atoms with Crippen LogP contribution in [0.1, 0.15) is 50.9 Å². The lowest BCUT2D eigenvalue weighted by Crippen LogP contribution is -2.34. The van der Waals surface area contributed by atoms with Gasteiger partial charge in [-0.1, -0.05) is 27.7 Å². The molecule has 0 N–H and O–H groups in total. The Labute approximate surface area is 89.2 Å². The molecule has 0 radical (unpaired) electrons. The Morgan fingerprint density at radius 1 is 0.800 bits per heavy atom. The second-order valence-electron chi connectivity index (χ2n) is 4.43. The highest BCUT2D eigenvalue weighted by Gasteiger charge is 2.15. The molecule has 0 atom stereocenters. The van der Waals surface area contributed by atoms with E-state index in [0.717, 1.165) is 22.1 Å². The highest BCUT2D eigenvalue weighted by atomic mass is 15.1. The maximum absolute atomic E-state index is 4.39. The van der Waals surface area contributed by atoms with Crippen LogP contribution in [-0.4, -0.2) is 16.9 Å². The highest BCUT2D eigenvalue weighted by molar-refractivity contribution is 5.13. The zero-order chi connectivity index (χ0) is 11.0. The summed E-state index contributed by atoms with van der Waals surface area (Å²) < 4.78 is 0. The molecule has 1 aliphatic heterocycles. The first-order valence-electron chi connectivity index (χ1n) is 5.36. The van der Waals surface area contributed by atoms with Crippen LogP contribution in [0.4, 0.5) is 0 Å². The molecule has 0 unspecified atom stereocenters. The molecule has 0 spiro atoms. The Kier molecular flexibility index (Phi) is 2.50. The van der Waals surface area contributed by atoms with Gasteiger partial charge >= 0.3 is 0 Å². The van der Waals surface area contributed by atoms with Crippen LogP contribution in [0, 0.1) is 0 Å². The Morgan fingerprint density at radius 2 is 1.20 bits per heavy atom. The number of hydrogen-bond donors (Lipinski definition) is 0. The lowest BCUT2D eigenvalue weighted by atomic mass is 10.1. The van der Waals surface area contributed by atoms with Gasteiger partial charge in [0.15, 0.2) is 0 Å². The lowest BCUT2D eigenvalue weighted by molar-refractivity contribution is 0.708. The summed E-state index contributed by atoms with van der Waals surface area (Å²) in [5, 5.41) is 10.5. The predicted molar refractivity (Wildman–Crippen MR) is 57.4 cm³/mol. The fraction of sp³-hybridized carbons (Fsp3) is 0.636. The molecule has 80 valence electrons. The maximum atomic E-state index is 4.39. The summed E-state index contributed by atoms with van der Waals surface area (Å²) >= 11 is 0. The Hall–Kier alpha value is -1.32. The average molecular weight is 204 g/mol. The van der Waals surface area contributed by atoms with Crippen LogP contribution in [0.2, 0.25) is 0 Å². The van der Waals surface area contributed by atoms with E-state index < -0.39 is 0 Å². The number of aromatic nitrogens is 2. The summed E-state index contributed by atoms with van der Waals surface area (Å²) in [7, 11) is 0. The molecule has 4 heteroatoms. The number of nitrogens with zero attached hydrogens (tertiary/aromatic N) is 4. The van der Waals surface area contributed by atoms with Crippen molar-refractivity contribution in [2.75, 3.05) is 6.67 Å². The van der Waals surface area contributed by atoms with E-state index in [2.05, 4.69) is 47.9 Å². The van der Waals surface area contributed by atoms with E-state index in [1.165, 1.54) is 0 Å². The van der Waals surface area contributed by atoms with E-state index >= 15 is 0 Å². The van der Waals surface area contributed by atoms with Crippen LogP contribution in [0.5, 0.6) is 0 Å². The van der Waals surface area contributed by atoms with Gasteiger partial charge in [0, 0.05) is 0 Å². The molecule has 0 saturated carbocycles.